The minimum absolute atomic E-state index is 0.120. The lowest BCUT2D eigenvalue weighted by molar-refractivity contribution is 0.0637. The van der Waals surface area contributed by atoms with Crippen LogP contribution in [-0.4, -0.2) is 26.3 Å². The highest BCUT2D eigenvalue weighted by Crippen LogP contribution is 2.22. The third-order valence-electron chi connectivity index (χ3n) is 1.78. The predicted octanol–water partition coefficient (Wildman–Crippen LogP) is 0.939. The van der Waals surface area contributed by atoms with Gasteiger partial charge in [-0.3, -0.25) is 0 Å². The Labute approximate surface area is 91.9 Å². The third kappa shape index (κ3) is 2.88. The van der Waals surface area contributed by atoms with E-state index in [0.29, 0.717) is 11.5 Å². The number of esters is 1. The van der Waals surface area contributed by atoms with E-state index >= 15 is 0 Å². The zero-order valence-electron chi connectivity index (χ0n) is 8.85. The number of rotatable bonds is 3. The van der Waals surface area contributed by atoms with E-state index in [-0.39, 0.29) is 5.56 Å². The van der Waals surface area contributed by atoms with Crippen LogP contribution in [0.25, 0.3) is 0 Å². The van der Waals surface area contributed by atoms with Crippen molar-refractivity contribution in [2.75, 3.05) is 14.2 Å². The van der Waals surface area contributed by atoms with Gasteiger partial charge < -0.3 is 19.9 Å². The van der Waals surface area contributed by atoms with Crippen molar-refractivity contribution in [3.63, 3.8) is 0 Å². The highest BCUT2D eigenvalue weighted by Gasteiger charge is 2.13. The van der Waals surface area contributed by atoms with Crippen molar-refractivity contribution in [3.8, 4) is 11.5 Å². The van der Waals surface area contributed by atoms with E-state index in [4.69, 9.17) is 15.2 Å². The molecule has 1 aromatic carbocycles. The van der Waals surface area contributed by atoms with Gasteiger partial charge in [-0.1, -0.05) is 0 Å². The molecule has 6 nitrogen and oxygen atoms in total. The Kier molecular flexibility index (Phi) is 3.71. The average Bonchev–Trinajstić information content (AvgIpc) is 2.27. The molecule has 0 saturated carbocycles. The molecule has 6 heteroatoms. The second-order valence-electron chi connectivity index (χ2n) is 2.81. The van der Waals surface area contributed by atoms with Crippen molar-refractivity contribution in [3.05, 3.63) is 23.8 Å². The van der Waals surface area contributed by atoms with Gasteiger partial charge in [0.15, 0.2) is 0 Å². The fourth-order valence-corrected chi connectivity index (χ4v) is 1.08. The third-order valence-corrected chi connectivity index (χ3v) is 1.78. The predicted molar refractivity (Wildman–Crippen MR) is 54.5 cm³/mol. The molecule has 1 rings (SSSR count). The van der Waals surface area contributed by atoms with Crippen LogP contribution in [0.3, 0.4) is 0 Å². The highest BCUT2D eigenvalue weighted by atomic mass is 16.6. The molecule has 0 saturated heterocycles. The number of hydrogen-bond donors (Lipinski definition) is 1. The van der Waals surface area contributed by atoms with Gasteiger partial charge in [0.2, 0.25) is 0 Å². The van der Waals surface area contributed by atoms with Gasteiger partial charge in [0.25, 0.3) is 0 Å². The SMILES string of the molecule is COc1cc(OC)cc(C(=O)OC(N)=O)c1. The molecule has 0 atom stereocenters. The van der Waals surface area contributed by atoms with Gasteiger partial charge in [0.05, 0.1) is 19.8 Å². The number of amides is 1. The molecule has 0 unspecified atom stereocenters. The summed E-state index contributed by atoms with van der Waals surface area (Å²) in [5, 5.41) is 0. The Balaban J connectivity index is 3.02. The number of carbonyl (C=O) groups excluding carboxylic acids is 2. The summed E-state index contributed by atoms with van der Waals surface area (Å²) in [5.41, 5.74) is 4.85. The fraction of sp³-hybridized carbons (Fsp3) is 0.200. The van der Waals surface area contributed by atoms with E-state index < -0.39 is 12.1 Å². The lowest BCUT2D eigenvalue weighted by atomic mass is 10.2. The molecule has 86 valence electrons. The van der Waals surface area contributed by atoms with Crippen LogP contribution < -0.4 is 15.2 Å². The minimum atomic E-state index is -1.16. The van der Waals surface area contributed by atoms with Crippen LogP contribution in [-0.2, 0) is 4.74 Å². The molecule has 0 aliphatic carbocycles. The maximum Gasteiger partial charge on any atom is 0.412 e. The minimum Gasteiger partial charge on any atom is -0.497 e. The van der Waals surface area contributed by atoms with Gasteiger partial charge in [-0.25, -0.2) is 9.59 Å². The quantitative estimate of drug-likeness (QED) is 0.610. The first kappa shape index (κ1) is 11.8. The molecule has 0 heterocycles. The van der Waals surface area contributed by atoms with Crippen LogP contribution in [0.1, 0.15) is 10.4 Å². The van der Waals surface area contributed by atoms with Crippen LogP contribution in [0.5, 0.6) is 11.5 Å². The molecule has 0 spiro atoms. The first-order valence-electron chi connectivity index (χ1n) is 4.31. The van der Waals surface area contributed by atoms with Gasteiger partial charge in [-0.2, -0.15) is 0 Å². The molecular formula is C10H11NO5. The highest BCUT2D eigenvalue weighted by molar-refractivity contribution is 5.96. The van der Waals surface area contributed by atoms with Crippen molar-refractivity contribution in [2.45, 2.75) is 0 Å². The van der Waals surface area contributed by atoms with Crippen molar-refractivity contribution in [1.29, 1.82) is 0 Å². The van der Waals surface area contributed by atoms with Crippen LogP contribution in [0, 0.1) is 0 Å². The number of benzene rings is 1. The number of nitrogens with two attached hydrogens (primary N) is 1. The second kappa shape index (κ2) is 5.01. The van der Waals surface area contributed by atoms with Gasteiger partial charge in [0, 0.05) is 6.07 Å². The molecule has 2 N–H and O–H groups in total. The molecule has 0 aromatic heterocycles. The van der Waals surface area contributed by atoms with E-state index in [9.17, 15) is 9.59 Å². The average molecular weight is 225 g/mol. The first-order valence-corrected chi connectivity index (χ1v) is 4.31. The Morgan fingerprint density at radius 2 is 1.56 bits per heavy atom. The Hall–Kier alpha value is -2.24. The molecule has 0 radical (unpaired) electrons. The molecule has 1 amide bonds. The molecule has 0 fully saturated rings. The molecule has 0 aliphatic heterocycles. The van der Waals surface area contributed by atoms with E-state index in [1.165, 1.54) is 26.4 Å². The van der Waals surface area contributed by atoms with E-state index in [0.717, 1.165) is 0 Å². The summed E-state index contributed by atoms with van der Waals surface area (Å²) in [6.45, 7) is 0. The number of methoxy groups -OCH3 is 2. The summed E-state index contributed by atoms with van der Waals surface area (Å²) in [6, 6.07) is 4.41. The zero-order valence-corrected chi connectivity index (χ0v) is 8.85. The standard InChI is InChI=1S/C10H11NO5/c1-14-7-3-6(4-8(5-7)15-2)9(12)16-10(11)13/h3-5H,1-2H3,(H2,11,13). The second-order valence-corrected chi connectivity index (χ2v) is 2.81. The zero-order chi connectivity index (χ0) is 12.1. The molecule has 1 aromatic rings. The number of primary amides is 1. The van der Waals surface area contributed by atoms with Gasteiger partial charge in [-0.15, -0.1) is 0 Å². The van der Waals surface area contributed by atoms with Crippen LogP contribution in [0.15, 0.2) is 18.2 Å². The van der Waals surface area contributed by atoms with Crippen LogP contribution >= 0.6 is 0 Å². The van der Waals surface area contributed by atoms with E-state index in [1.807, 2.05) is 0 Å². The van der Waals surface area contributed by atoms with Crippen LogP contribution in [0.2, 0.25) is 0 Å². The molecular weight excluding hydrogens is 214 g/mol. The molecule has 0 aliphatic rings. The summed E-state index contributed by atoms with van der Waals surface area (Å²) in [4.78, 5) is 21.8. The number of hydrogen-bond acceptors (Lipinski definition) is 5. The van der Waals surface area contributed by atoms with E-state index in [2.05, 4.69) is 4.74 Å². The Morgan fingerprint density at radius 3 is 1.94 bits per heavy atom. The maximum atomic E-state index is 11.4. The Bertz CT molecular complexity index is 393. The summed E-state index contributed by atoms with van der Waals surface area (Å²) in [5.74, 6) is -0.0313. The molecule has 0 bridgehead atoms. The largest absolute Gasteiger partial charge is 0.497 e. The monoisotopic (exact) mass is 225 g/mol. The van der Waals surface area contributed by atoms with Crippen LogP contribution in [0.4, 0.5) is 4.79 Å². The van der Waals surface area contributed by atoms with Gasteiger partial charge in [0.1, 0.15) is 11.5 Å². The lowest BCUT2D eigenvalue weighted by Crippen LogP contribution is -2.18. The lowest BCUT2D eigenvalue weighted by Gasteiger charge is -2.06. The topological polar surface area (TPSA) is 87.8 Å². The summed E-state index contributed by atoms with van der Waals surface area (Å²) >= 11 is 0. The maximum absolute atomic E-state index is 11.4. The van der Waals surface area contributed by atoms with Gasteiger partial charge in [-0.05, 0) is 12.1 Å². The smallest absolute Gasteiger partial charge is 0.412 e. The molecule has 16 heavy (non-hydrogen) atoms. The van der Waals surface area contributed by atoms with Crippen molar-refractivity contribution < 1.29 is 23.8 Å². The summed E-state index contributed by atoms with van der Waals surface area (Å²) < 4.78 is 14.1. The summed E-state index contributed by atoms with van der Waals surface area (Å²) in [6.07, 6.45) is -1.16. The van der Waals surface area contributed by atoms with Crippen molar-refractivity contribution >= 4 is 12.1 Å². The van der Waals surface area contributed by atoms with Crippen molar-refractivity contribution in [1.82, 2.24) is 0 Å². The fourth-order valence-electron chi connectivity index (χ4n) is 1.08. The van der Waals surface area contributed by atoms with E-state index in [1.54, 1.807) is 6.07 Å². The first-order chi connectivity index (χ1) is 7.56. The number of carbonyl (C=O) groups is 2. The number of ether oxygens (including phenoxy) is 3. The van der Waals surface area contributed by atoms with Crippen molar-refractivity contribution in [2.24, 2.45) is 5.73 Å². The van der Waals surface area contributed by atoms with Gasteiger partial charge >= 0.3 is 12.1 Å². The summed E-state index contributed by atoms with van der Waals surface area (Å²) in [7, 11) is 2.88. The normalized spacial score (nSPS) is 9.38. The Morgan fingerprint density at radius 1 is 1.06 bits per heavy atom.